The number of rotatable bonds is 2. The van der Waals surface area contributed by atoms with Crippen molar-refractivity contribution in [2.45, 2.75) is 19.9 Å². The highest BCUT2D eigenvalue weighted by Crippen LogP contribution is 2.18. The van der Waals surface area contributed by atoms with E-state index in [1.165, 1.54) is 0 Å². The highest BCUT2D eigenvalue weighted by molar-refractivity contribution is 5.97. The van der Waals surface area contributed by atoms with E-state index in [9.17, 15) is 4.79 Å². The van der Waals surface area contributed by atoms with Crippen molar-refractivity contribution in [3.8, 4) is 0 Å². The second-order valence-corrected chi connectivity index (χ2v) is 4.73. The Kier molecular flexibility index (Phi) is 3.99. The fourth-order valence-electron chi connectivity index (χ4n) is 2.41. The molecule has 4 heteroatoms. The summed E-state index contributed by atoms with van der Waals surface area (Å²) in [6.45, 7) is 6.13. The third-order valence-electron chi connectivity index (χ3n) is 3.46. The first-order valence-corrected chi connectivity index (χ1v) is 6.30. The lowest BCUT2D eigenvalue weighted by Crippen LogP contribution is -2.52. The molecule has 4 nitrogen and oxygen atoms in total. The Hall–Kier alpha value is -1.39. The molecule has 1 aliphatic rings. The third kappa shape index (κ3) is 2.40. The smallest absolute Gasteiger partial charge is 0.254 e. The van der Waals surface area contributed by atoms with Crippen molar-refractivity contribution in [2.75, 3.05) is 26.3 Å². The van der Waals surface area contributed by atoms with Gasteiger partial charge in [0, 0.05) is 18.7 Å². The highest BCUT2D eigenvalue weighted by Gasteiger charge is 2.28. The number of nitrogens with two attached hydrogens (primary N) is 1. The molecule has 2 N–H and O–H groups in total. The van der Waals surface area contributed by atoms with Crippen molar-refractivity contribution in [1.29, 1.82) is 0 Å². The standard InChI is InChI=1S/C14H20N2O2/c1-10-4-3-5-11(2)13(10)14(17)16-6-7-18-9-12(16)8-15/h3-5,12H,6-9,15H2,1-2H3. The normalized spacial score (nSPS) is 19.9. The minimum atomic E-state index is -0.00902. The van der Waals surface area contributed by atoms with Crippen molar-refractivity contribution in [2.24, 2.45) is 5.73 Å². The first-order chi connectivity index (χ1) is 8.65. The van der Waals surface area contributed by atoms with Gasteiger partial charge in [0.15, 0.2) is 0 Å². The van der Waals surface area contributed by atoms with Gasteiger partial charge in [0.25, 0.3) is 5.91 Å². The molecule has 0 aromatic heterocycles. The average molecular weight is 248 g/mol. The monoisotopic (exact) mass is 248 g/mol. The van der Waals surface area contributed by atoms with Crippen LogP contribution in [-0.2, 0) is 4.74 Å². The van der Waals surface area contributed by atoms with E-state index < -0.39 is 0 Å². The Morgan fingerprint density at radius 3 is 2.72 bits per heavy atom. The number of carbonyl (C=O) groups is 1. The molecule has 0 bridgehead atoms. The molecule has 0 spiro atoms. The van der Waals surface area contributed by atoms with Crippen molar-refractivity contribution >= 4 is 5.91 Å². The lowest BCUT2D eigenvalue weighted by molar-refractivity contribution is 0.000758. The Balaban J connectivity index is 2.30. The molecular weight excluding hydrogens is 228 g/mol. The van der Waals surface area contributed by atoms with Crippen LogP contribution >= 0.6 is 0 Å². The molecule has 1 heterocycles. The van der Waals surface area contributed by atoms with Crippen LogP contribution in [0.3, 0.4) is 0 Å². The molecule has 1 aromatic rings. The summed E-state index contributed by atoms with van der Waals surface area (Å²) in [6, 6.07) is 5.91. The number of amides is 1. The number of carbonyl (C=O) groups excluding carboxylic acids is 1. The molecule has 0 radical (unpaired) electrons. The van der Waals surface area contributed by atoms with Crippen LogP contribution in [0.15, 0.2) is 18.2 Å². The molecule has 18 heavy (non-hydrogen) atoms. The van der Waals surface area contributed by atoms with Gasteiger partial charge in [-0.2, -0.15) is 0 Å². The molecule has 1 saturated heterocycles. The van der Waals surface area contributed by atoms with Gasteiger partial charge in [-0.05, 0) is 25.0 Å². The van der Waals surface area contributed by atoms with E-state index in [1.54, 1.807) is 0 Å². The topological polar surface area (TPSA) is 55.6 Å². The summed E-state index contributed by atoms with van der Waals surface area (Å²) in [7, 11) is 0. The second kappa shape index (κ2) is 5.50. The van der Waals surface area contributed by atoms with Gasteiger partial charge >= 0.3 is 0 Å². The molecule has 1 unspecified atom stereocenters. The van der Waals surface area contributed by atoms with Crippen LogP contribution in [-0.4, -0.2) is 43.2 Å². The maximum absolute atomic E-state index is 12.6. The Bertz CT molecular complexity index is 425. The molecule has 1 aliphatic heterocycles. The molecule has 98 valence electrons. The van der Waals surface area contributed by atoms with E-state index >= 15 is 0 Å². The molecule has 0 aliphatic carbocycles. The number of benzene rings is 1. The molecule has 1 fully saturated rings. The predicted molar refractivity (Wildman–Crippen MR) is 70.6 cm³/mol. The number of ether oxygens (including phenoxy) is 1. The Morgan fingerprint density at radius 2 is 2.11 bits per heavy atom. The first-order valence-electron chi connectivity index (χ1n) is 6.30. The minimum Gasteiger partial charge on any atom is -0.377 e. The zero-order valence-corrected chi connectivity index (χ0v) is 11.0. The van der Waals surface area contributed by atoms with Crippen LogP contribution < -0.4 is 5.73 Å². The van der Waals surface area contributed by atoms with Gasteiger partial charge < -0.3 is 15.4 Å². The van der Waals surface area contributed by atoms with E-state index in [-0.39, 0.29) is 11.9 Å². The summed E-state index contributed by atoms with van der Waals surface area (Å²) in [5, 5.41) is 0. The maximum Gasteiger partial charge on any atom is 0.254 e. The van der Waals surface area contributed by atoms with Gasteiger partial charge in [-0.1, -0.05) is 18.2 Å². The lowest BCUT2D eigenvalue weighted by Gasteiger charge is -2.35. The summed E-state index contributed by atoms with van der Waals surface area (Å²) < 4.78 is 5.38. The Labute approximate surface area is 108 Å². The summed E-state index contributed by atoms with van der Waals surface area (Å²) in [6.07, 6.45) is 0. The van der Waals surface area contributed by atoms with Crippen LogP contribution in [0.1, 0.15) is 21.5 Å². The molecule has 1 atom stereocenters. The fourth-order valence-corrected chi connectivity index (χ4v) is 2.41. The van der Waals surface area contributed by atoms with E-state index in [0.29, 0.717) is 26.3 Å². The zero-order valence-electron chi connectivity index (χ0n) is 11.0. The van der Waals surface area contributed by atoms with Crippen LogP contribution in [0.25, 0.3) is 0 Å². The number of nitrogens with zero attached hydrogens (tertiary/aromatic N) is 1. The van der Waals surface area contributed by atoms with Crippen molar-refractivity contribution < 1.29 is 9.53 Å². The summed E-state index contributed by atoms with van der Waals surface area (Å²) >= 11 is 0. The fraction of sp³-hybridized carbons (Fsp3) is 0.500. The quantitative estimate of drug-likeness (QED) is 0.852. The van der Waals surface area contributed by atoms with E-state index in [2.05, 4.69) is 0 Å². The number of hydrogen-bond donors (Lipinski definition) is 1. The minimum absolute atomic E-state index is 0.00902. The molecular formula is C14H20N2O2. The summed E-state index contributed by atoms with van der Waals surface area (Å²) in [4.78, 5) is 14.5. The summed E-state index contributed by atoms with van der Waals surface area (Å²) in [5.74, 6) is 0.0735. The molecule has 2 rings (SSSR count). The molecule has 0 saturated carbocycles. The van der Waals surface area contributed by atoms with Crippen LogP contribution in [0.4, 0.5) is 0 Å². The van der Waals surface area contributed by atoms with Gasteiger partial charge in [0.1, 0.15) is 0 Å². The van der Waals surface area contributed by atoms with E-state index in [1.807, 2.05) is 36.9 Å². The SMILES string of the molecule is Cc1cccc(C)c1C(=O)N1CCOCC1CN. The largest absolute Gasteiger partial charge is 0.377 e. The van der Waals surface area contributed by atoms with E-state index in [0.717, 1.165) is 16.7 Å². The van der Waals surface area contributed by atoms with Crippen LogP contribution in [0.2, 0.25) is 0 Å². The highest BCUT2D eigenvalue weighted by atomic mass is 16.5. The molecule has 1 aromatic carbocycles. The van der Waals surface area contributed by atoms with Crippen LogP contribution in [0.5, 0.6) is 0 Å². The number of hydrogen-bond acceptors (Lipinski definition) is 3. The van der Waals surface area contributed by atoms with Gasteiger partial charge in [0.2, 0.25) is 0 Å². The first kappa shape index (κ1) is 13.1. The predicted octanol–water partition coefficient (Wildman–Crippen LogP) is 1.10. The average Bonchev–Trinajstić information content (AvgIpc) is 2.38. The van der Waals surface area contributed by atoms with E-state index in [4.69, 9.17) is 10.5 Å². The number of aryl methyl sites for hydroxylation is 2. The van der Waals surface area contributed by atoms with Crippen molar-refractivity contribution in [1.82, 2.24) is 4.90 Å². The summed E-state index contributed by atoms with van der Waals surface area (Å²) in [5.41, 5.74) is 8.55. The van der Waals surface area contributed by atoms with Gasteiger partial charge in [-0.3, -0.25) is 4.79 Å². The Morgan fingerprint density at radius 1 is 1.44 bits per heavy atom. The third-order valence-corrected chi connectivity index (χ3v) is 3.46. The van der Waals surface area contributed by atoms with Crippen LogP contribution in [0, 0.1) is 13.8 Å². The molecule has 1 amide bonds. The second-order valence-electron chi connectivity index (χ2n) is 4.73. The van der Waals surface area contributed by atoms with Crippen molar-refractivity contribution in [3.05, 3.63) is 34.9 Å². The van der Waals surface area contributed by atoms with Gasteiger partial charge in [0.05, 0.1) is 19.3 Å². The van der Waals surface area contributed by atoms with Gasteiger partial charge in [-0.25, -0.2) is 0 Å². The zero-order chi connectivity index (χ0) is 13.1. The van der Waals surface area contributed by atoms with Gasteiger partial charge in [-0.15, -0.1) is 0 Å². The maximum atomic E-state index is 12.6. The van der Waals surface area contributed by atoms with Crippen molar-refractivity contribution in [3.63, 3.8) is 0 Å². The lowest BCUT2D eigenvalue weighted by atomic mass is 10.0. The number of morpholine rings is 1.